The fourth-order valence-corrected chi connectivity index (χ4v) is 1.75. The van der Waals surface area contributed by atoms with E-state index in [1.807, 2.05) is 6.92 Å². The molecule has 0 amide bonds. The lowest BCUT2D eigenvalue weighted by molar-refractivity contribution is -0.161. The number of Topliss-reactive ketones (excluding diaryl/α,β-unsaturated/α-hetero) is 1. The zero-order valence-electron chi connectivity index (χ0n) is 11.8. The molecular weight excluding hydrogens is 310 g/mol. The van der Waals surface area contributed by atoms with Gasteiger partial charge in [-0.1, -0.05) is 19.8 Å². The first-order chi connectivity index (χ1) is 9.63. The van der Waals surface area contributed by atoms with Gasteiger partial charge in [0, 0.05) is 12.8 Å². The van der Waals surface area contributed by atoms with Gasteiger partial charge in [-0.3, -0.25) is 9.35 Å². The number of esters is 1. The molecule has 0 aliphatic carbocycles. The van der Waals surface area contributed by atoms with Gasteiger partial charge in [0.15, 0.2) is 0 Å². The SMILES string of the molecule is CCCCCC(=O)CCCCOC(=O)C(F)(F)S(=O)(=O)O. The number of unbranched alkanes of at least 4 members (excludes halogenated alkanes) is 3. The lowest BCUT2D eigenvalue weighted by Crippen LogP contribution is -2.39. The van der Waals surface area contributed by atoms with Crippen molar-refractivity contribution in [1.29, 1.82) is 0 Å². The summed E-state index contributed by atoms with van der Waals surface area (Å²) in [6.07, 6.45) is 4.02. The highest BCUT2D eigenvalue weighted by molar-refractivity contribution is 7.87. The predicted molar refractivity (Wildman–Crippen MR) is 70.5 cm³/mol. The Bertz CT molecular complexity index is 447. The Morgan fingerprint density at radius 3 is 2.10 bits per heavy atom. The molecular formula is C12H20F2O6S. The summed E-state index contributed by atoms with van der Waals surface area (Å²) < 4.78 is 58.3. The number of ether oxygens (including phenoxy) is 1. The minimum absolute atomic E-state index is 0.0537. The van der Waals surface area contributed by atoms with Gasteiger partial charge in [-0.2, -0.15) is 17.2 Å². The summed E-state index contributed by atoms with van der Waals surface area (Å²) in [7, 11) is -5.83. The molecule has 0 unspecified atom stereocenters. The summed E-state index contributed by atoms with van der Waals surface area (Å²) in [5.74, 6) is -2.27. The molecule has 9 heteroatoms. The molecule has 0 aliphatic heterocycles. The van der Waals surface area contributed by atoms with E-state index in [9.17, 15) is 26.8 Å². The van der Waals surface area contributed by atoms with Crippen LogP contribution in [0.4, 0.5) is 8.78 Å². The maximum atomic E-state index is 12.8. The van der Waals surface area contributed by atoms with Crippen LogP contribution in [0.25, 0.3) is 0 Å². The summed E-state index contributed by atoms with van der Waals surface area (Å²) in [5.41, 5.74) is 0. The fraction of sp³-hybridized carbons (Fsp3) is 0.833. The van der Waals surface area contributed by atoms with Crippen LogP contribution in [-0.4, -0.2) is 36.6 Å². The van der Waals surface area contributed by atoms with Crippen molar-refractivity contribution in [2.75, 3.05) is 6.61 Å². The molecule has 0 heterocycles. The molecule has 0 aromatic rings. The van der Waals surface area contributed by atoms with Crippen LogP contribution in [0.2, 0.25) is 0 Å². The zero-order chi connectivity index (χ0) is 16.5. The maximum Gasteiger partial charge on any atom is 0.465 e. The van der Waals surface area contributed by atoms with E-state index >= 15 is 0 Å². The Labute approximate surface area is 122 Å². The minimum Gasteiger partial charge on any atom is -0.460 e. The summed E-state index contributed by atoms with van der Waals surface area (Å²) >= 11 is 0. The molecule has 0 aromatic carbocycles. The molecule has 0 aromatic heterocycles. The fourth-order valence-electron chi connectivity index (χ4n) is 1.48. The summed E-state index contributed by atoms with van der Waals surface area (Å²) in [4.78, 5) is 22.2. The topological polar surface area (TPSA) is 97.7 Å². The van der Waals surface area contributed by atoms with Crippen LogP contribution >= 0.6 is 0 Å². The van der Waals surface area contributed by atoms with Gasteiger partial charge in [-0.25, -0.2) is 4.79 Å². The van der Waals surface area contributed by atoms with Crippen molar-refractivity contribution in [2.45, 2.75) is 57.1 Å². The molecule has 0 saturated heterocycles. The van der Waals surface area contributed by atoms with Crippen molar-refractivity contribution in [3.05, 3.63) is 0 Å². The molecule has 0 fully saturated rings. The number of hydrogen-bond acceptors (Lipinski definition) is 5. The van der Waals surface area contributed by atoms with E-state index in [2.05, 4.69) is 4.74 Å². The average Bonchev–Trinajstić information content (AvgIpc) is 2.37. The largest absolute Gasteiger partial charge is 0.465 e. The van der Waals surface area contributed by atoms with Crippen molar-refractivity contribution >= 4 is 21.9 Å². The van der Waals surface area contributed by atoms with Gasteiger partial charge in [0.25, 0.3) is 0 Å². The predicted octanol–water partition coefficient (Wildman–Crippen LogP) is 2.33. The first kappa shape index (κ1) is 19.9. The summed E-state index contributed by atoms with van der Waals surface area (Å²) in [5, 5.41) is -4.97. The number of carbonyl (C=O) groups excluding carboxylic acids is 2. The van der Waals surface area contributed by atoms with Gasteiger partial charge >= 0.3 is 21.3 Å². The van der Waals surface area contributed by atoms with E-state index in [1.54, 1.807) is 0 Å². The Morgan fingerprint density at radius 2 is 1.62 bits per heavy atom. The van der Waals surface area contributed by atoms with Gasteiger partial charge in [0.1, 0.15) is 5.78 Å². The number of alkyl halides is 2. The van der Waals surface area contributed by atoms with Gasteiger partial charge in [0.05, 0.1) is 6.61 Å². The number of ketones is 1. The highest BCUT2D eigenvalue weighted by Gasteiger charge is 2.54. The Morgan fingerprint density at radius 1 is 1.10 bits per heavy atom. The monoisotopic (exact) mass is 330 g/mol. The third-order valence-electron chi connectivity index (χ3n) is 2.70. The molecule has 6 nitrogen and oxygen atoms in total. The van der Waals surface area contributed by atoms with Gasteiger partial charge < -0.3 is 4.74 Å². The lowest BCUT2D eigenvalue weighted by atomic mass is 10.1. The highest BCUT2D eigenvalue weighted by atomic mass is 32.2. The van der Waals surface area contributed by atoms with E-state index in [-0.39, 0.29) is 18.6 Å². The van der Waals surface area contributed by atoms with Crippen LogP contribution in [0.3, 0.4) is 0 Å². The Kier molecular flexibility index (Phi) is 8.57. The van der Waals surface area contributed by atoms with E-state index in [1.165, 1.54) is 0 Å². The minimum atomic E-state index is -5.83. The number of carbonyl (C=O) groups is 2. The normalized spacial score (nSPS) is 12.2. The van der Waals surface area contributed by atoms with Gasteiger partial charge in [0.2, 0.25) is 0 Å². The molecule has 124 valence electrons. The second-order valence-electron chi connectivity index (χ2n) is 4.58. The number of rotatable bonds is 11. The van der Waals surface area contributed by atoms with E-state index in [4.69, 9.17) is 4.55 Å². The van der Waals surface area contributed by atoms with Crippen LogP contribution in [0.5, 0.6) is 0 Å². The second kappa shape index (κ2) is 9.04. The van der Waals surface area contributed by atoms with Crippen molar-refractivity contribution in [3.63, 3.8) is 0 Å². The smallest absolute Gasteiger partial charge is 0.460 e. The number of hydrogen-bond donors (Lipinski definition) is 1. The molecule has 0 saturated carbocycles. The number of halogens is 2. The third-order valence-corrected chi connectivity index (χ3v) is 3.52. The molecule has 0 radical (unpaired) electrons. The van der Waals surface area contributed by atoms with Crippen molar-refractivity contribution in [3.8, 4) is 0 Å². The van der Waals surface area contributed by atoms with Crippen LogP contribution in [-0.2, 0) is 24.4 Å². The summed E-state index contributed by atoms with van der Waals surface area (Å²) in [6, 6.07) is 0. The zero-order valence-corrected chi connectivity index (χ0v) is 12.6. The van der Waals surface area contributed by atoms with Crippen LogP contribution in [0.1, 0.15) is 51.9 Å². The molecule has 0 aliphatic rings. The Balaban J connectivity index is 3.87. The summed E-state index contributed by atoms with van der Waals surface area (Å²) in [6.45, 7) is 1.58. The van der Waals surface area contributed by atoms with Crippen molar-refractivity contribution in [2.24, 2.45) is 0 Å². The quantitative estimate of drug-likeness (QED) is 0.355. The molecule has 0 spiro atoms. The van der Waals surface area contributed by atoms with E-state index in [0.29, 0.717) is 12.8 Å². The molecule has 21 heavy (non-hydrogen) atoms. The van der Waals surface area contributed by atoms with Crippen molar-refractivity contribution < 1.29 is 36.1 Å². The van der Waals surface area contributed by atoms with Gasteiger partial charge in [-0.05, 0) is 19.3 Å². The Hall–Kier alpha value is -1.09. The van der Waals surface area contributed by atoms with Crippen LogP contribution in [0, 0.1) is 0 Å². The molecule has 0 atom stereocenters. The first-order valence-electron chi connectivity index (χ1n) is 6.66. The third kappa shape index (κ3) is 7.47. The maximum absolute atomic E-state index is 12.8. The average molecular weight is 330 g/mol. The van der Waals surface area contributed by atoms with Crippen molar-refractivity contribution in [1.82, 2.24) is 0 Å². The van der Waals surface area contributed by atoms with Crippen LogP contribution in [0.15, 0.2) is 0 Å². The standard InChI is InChI=1S/C12H20F2O6S/c1-2-3-4-7-10(15)8-5-6-9-20-11(16)12(13,14)21(17,18)19/h2-9H2,1H3,(H,17,18,19). The molecule has 0 rings (SSSR count). The van der Waals surface area contributed by atoms with Gasteiger partial charge in [-0.15, -0.1) is 0 Å². The van der Waals surface area contributed by atoms with E-state index < -0.39 is 27.9 Å². The lowest BCUT2D eigenvalue weighted by Gasteiger charge is -2.11. The second-order valence-corrected chi connectivity index (χ2v) is 6.04. The highest BCUT2D eigenvalue weighted by Crippen LogP contribution is 2.22. The molecule has 0 bridgehead atoms. The molecule has 1 N–H and O–H groups in total. The van der Waals surface area contributed by atoms with Crippen LogP contribution < -0.4 is 0 Å². The van der Waals surface area contributed by atoms with E-state index in [0.717, 1.165) is 19.3 Å². The first-order valence-corrected chi connectivity index (χ1v) is 8.10.